The van der Waals surface area contributed by atoms with Gasteiger partial charge in [-0.05, 0) is 51.0 Å². The number of aryl methyl sites for hydroxylation is 1. The number of hydrogen-bond acceptors (Lipinski definition) is 4. The number of rotatable bonds is 5. The summed E-state index contributed by atoms with van der Waals surface area (Å²) in [5.74, 6) is -0.237. The van der Waals surface area contributed by atoms with Gasteiger partial charge in [-0.3, -0.25) is 14.6 Å². The molecule has 0 unspecified atom stereocenters. The minimum absolute atomic E-state index is 0.0205. The number of amides is 2. The molecule has 1 aromatic carbocycles. The van der Waals surface area contributed by atoms with Crippen LogP contribution >= 0.6 is 0 Å². The number of likely N-dealkylation sites (tertiary alicyclic amines) is 1. The van der Waals surface area contributed by atoms with Crippen LogP contribution in [0.2, 0.25) is 0 Å². The zero-order valence-corrected chi connectivity index (χ0v) is 17.5. The van der Waals surface area contributed by atoms with E-state index in [4.69, 9.17) is 4.74 Å². The Morgan fingerprint density at radius 2 is 2.03 bits per heavy atom. The predicted molar refractivity (Wildman–Crippen MR) is 111 cm³/mol. The van der Waals surface area contributed by atoms with Crippen molar-refractivity contribution in [3.63, 3.8) is 0 Å². The standard InChI is InChI=1S/C23H26FN3O3/c1-4-30-20-10-17(24)7-8-18(20)22(29)27-13-23(14-27)11-16(12-23)21(28)26(3)19-6-5-9-25-15(19)2/h5-10,16H,4,11-14H2,1-3H3. The van der Waals surface area contributed by atoms with E-state index in [0.717, 1.165) is 24.2 Å². The van der Waals surface area contributed by atoms with Crippen molar-refractivity contribution < 1.29 is 18.7 Å². The van der Waals surface area contributed by atoms with Crippen molar-refractivity contribution in [1.82, 2.24) is 9.88 Å². The maximum Gasteiger partial charge on any atom is 0.257 e. The second kappa shape index (κ2) is 7.70. The molecule has 4 rings (SSSR count). The number of ether oxygens (including phenoxy) is 1. The molecule has 2 heterocycles. The number of carbonyl (C=O) groups excluding carboxylic acids is 2. The highest BCUT2D eigenvalue weighted by Gasteiger charge is 2.56. The van der Waals surface area contributed by atoms with Crippen molar-refractivity contribution in [2.75, 3.05) is 31.6 Å². The van der Waals surface area contributed by atoms with Gasteiger partial charge in [-0.2, -0.15) is 0 Å². The number of nitrogens with zero attached hydrogens (tertiary/aromatic N) is 3. The van der Waals surface area contributed by atoms with Gasteiger partial charge in [-0.25, -0.2) is 4.39 Å². The number of pyridine rings is 1. The SMILES string of the molecule is CCOc1cc(F)ccc1C(=O)N1CC2(CC(C(=O)N(C)c3cccnc3C)C2)C1. The molecule has 158 valence electrons. The first-order valence-electron chi connectivity index (χ1n) is 10.2. The summed E-state index contributed by atoms with van der Waals surface area (Å²) in [5.41, 5.74) is 2.06. The highest BCUT2D eigenvalue weighted by molar-refractivity contribution is 5.98. The Balaban J connectivity index is 1.35. The van der Waals surface area contributed by atoms with Crippen molar-refractivity contribution in [3.05, 3.63) is 53.6 Å². The summed E-state index contributed by atoms with van der Waals surface area (Å²) in [4.78, 5) is 33.4. The Morgan fingerprint density at radius 1 is 1.30 bits per heavy atom. The van der Waals surface area contributed by atoms with Crippen LogP contribution in [0.25, 0.3) is 0 Å². The summed E-state index contributed by atoms with van der Waals surface area (Å²) in [6.45, 7) is 5.29. The lowest BCUT2D eigenvalue weighted by atomic mass is 9.57. The van der Waals surface area contributed by atoms with E-state index in [1.807, 2.05) is 19.1 Å². The molecule has 0 bridgehead atoms. The van der Waals surface area contributed by atoms with E-state index < -0.39 is 5.82 Å². The van der Waals surface area contributed by atoms with Gasteiger partial charge >= 0.3 is 0 Å². The van der Waals surface area contributed by atoms with Crippen LogP contribution in [0.4, 0.5) is 10.1 Å². The van der Waals surface area contributed by atoms with E-state index >= 15 is 0 Å². The van der Waals surface area contributed by atoms with Gasteiger partial charge in [0.25, 0.3) is 5.91 Å². The third-order valence-electron chi connectivity index (χ3n) is 6.19. The molecule has 2 fully saturated rings. The van der Waals surface area contributed by atoms with Crippen LogP contribution in [0.15, 0.2) is 36.5 Å². The minimum Gasteiger partial charge on any atom is -0.493 e. The highest BCUT2D eigenvalue weighted by atomic mass is 19.1. The monoisotopic (exact) mass is 411 g/mol. The summed E-state index contributed by atoms with van der Waals surface area (Å²) in [6.07, 6.45) is 3.27. The minimum atomic E-state index is -0.427. The fraction of sp³-hybridized carbons (Fsp3) is 0.435. The topological polar surface area (TPSA) is 62.7 Å². The van der Waals surface area contributed by atoms with Crippen LogP contribution in [-0.2, 0) is 4.79 Å². The van der Waals surface area contributed by atoms with Gasteiger partial charge in [0, 0.05) is 43.7 Å². The summed E-state index contributed by atoms with van der Waals surface area (Å²) in [6, 6.07) is 7.74. The normalized spacial score (nSPS) is 17.3. The number of carbonyl (C=O) groups is 2. The molecule has 1 spiro atoms. The Morgan fingerprint density at radius 3 is 2.70 bits per heavy atom. The number of hydrogen-bond donors (Lipinski definition) is 0. The van der Waals surface area contributed by atoms with Crippen molar-refractivity contribution in [1.29, 1.82) is 0 Å². The molecule has 2 aliphatic rings. The first-order valence-corrected chi connectivity index (χ1v) is 10.2. The van der Waals surface area contributed by atoms with E-state index in [9.17, 15) is 14.0 Å². The molecule has 0 atom stereocenters. The molecule has 0 radical (unpaired) electrons. The summed E-state index contributed by atoms with van der Waals surface area (Å²) in [5, 5.41) is 0. The van der Waals surface area contributed by atoms with Crippen molar-refractivity contribution in [2.24, 2.45) is 11.3 Å². The van der Waals surface area contributed by atoms with Gasteiger partial charge in [0.05, 0.1) is 23.6 Å². The fourth-order valence-electron chi connectivity index (χ4n) is 4.67. The first kappa shape index (κ1) is 20.3. The van der Waals surface area contributed by atoms with E-state index in [-0.39, 0.29) is 28.9 Å². The lowest BCUT2D eigenvalue weighted by Gasteiger charge is -2.58. The highest BCUT2D eigenvalue weighted by Crippen LogP contribution is 2.53. The molecule has 7 heteroatoms. The molecular formula is C23H26FN3O3. The zero-order valence-electron chi connectivity index (χ0n) is 17.5. The smallest absolute Gasteiger partial charge is 0.257 e. The van der Waals surface area contributed by atoms with Gasteiger partial charge in [-0.15, -0.1) is 0 Å². The van der Waals surface area contributed by atoms with E-state index in [1.54, 1.807) is 30.0 Å². The van der Waals surface area contributed by atoms with E-state index in [2.05, 4.69) is 4.98 Å². The van der Waals surface area contributed by atoms with Crippen LogP contribution in [0.1, 0.15) is 35.8 Å². The van der Waals surface area contributed by atoms with Crippen molar-refractivity contribution in [3.8, 4) is 5.75 Å². The van der Waals surface area contributed by atoms with Gasteiger partial charge in [0.1, 0.15) is 11.6 Å². The number of anilines is 1. The summed E-state index contributed by atoms with van der Waals surface area (Å²) < 4.78 is 18.9. The Labute approximate surface area is 175 Å². The van der Waals surface area contributed by atoms with Gasteiger partial charge in [0.2, 0.25) is 5.91 Å². The molecule has 0 N–H and O–H groups in total. The average molecular weight is 411 g/mol. The zero-order chi connectivity index (χ0) is 21.5. The molecule has 1 saturated carbocycles. The molecule has 1 saturated heterocycles. The molecule has 1 aromatic heterocycles. The molecular weight excluding hydrogens is 385 g/mol. The quantitative estimate of drug-likeness (QED) is 0.756. The summed E-state index contributed by atoms with van der Waals surface area (Å²) >= 11 is 0. The number of benzene rings is 1. The molecule has 6 nitrogen and oxygen atoms in total. The van der Waals surface area contributed by atoms with Crippen LogP contribution in [0.3, 0.4) is 0 Å². The molecule has 30 heavy (non-hydrogen) atoms. The molecule has 2 aromatic rings. The van der Waals surface area contributed by atoms with E-state index in [0.29, 0.717) is 25.3 Å². The van der Waals surface area contributed by atoms with Crippen LogP contribution in [0, 0.1) is 24.1 Å². The van der Waals surface area contributed by atoms with Crippen molar-refractivity contribution >= 4 is 17.5 Å². The van der Waals surface area contributed by atoms with Crippen LogP contribution in [0.5, 0.6) is 5.75 Å². The predicted octanol–water partition coefficient (Wildman–Crippen LogP) is 3.44. The number of aromatic nitrogens is 1. The van der Waals surface area contributed by atoms with Crippen molar-refractivity contribution in [2.45, 2.75) is 26.7 Å². The first-order chi connectivity index (χ1) is 14.3. The third kappa shape index (κ3) is 3.53. The Kier molecular flexibility index (Phi) is 5.22. The molecule has 2 amide bonds. The lowest BCUT2D eigenvalue weighted by Crippen LogP contribution is -2.65. The third-order valence-corrected chi connectivity index (χ3v) is 6.19. The van der Waals surface area contributed by atoms with Gasteiger partial charge < -0.3 is 14.5 Å². The second-order valence-electron chi connectivity index (χ2n) is 8.35. The Bertz CT molecular complexity index is 979. The maximum atomic E-state index is 13.5. The maximum absolute atomic E-state index is 13.5. The van der Waals surface area contributed by atoms with E-state index in [1.165, 1.54) is 18.2 Å². The Hall–Kier alpha value is -2.96. The molecule has 1 aliphatic carbocycles. The summed E-state index contributed by atoms with van der Waals surface area (Å²) in [7, 11) is 1.79. The largest absolute Gasteiger partial charge is 0.493 e. The number of halogens is 1. The van der Waals surface area contributed by atoms with Gasteiger partial charge in [0.15, 0.2) is 0 Å². The van der Waals surface area contributed by atoms with Gasteiger partial charge in [-0.1, -0.05) is 0 Å². The second-order valence-corrected chi connectivity index (χ2v) is 8.35. The molecule has 1 aliphatic heterocycles. The average Bonchev–Trinajstić information content (AvgIpc) is 2.65. The lowest BCUT2D eigenvalue weighted by molar-refractivity contribution is -0.137. The fourth-order valence-corrected chi connectivity index (χ4v) is 4.67. The van der Waals surface area contributed by atoms with Crippen LogP contribution < -0.4 is 9.64 Å². The van der Waals surface area contributed by atoms with Crippen LogP contribution in [-0.4, -0.2) is 48.4 Å².